The molecule has 0 aliphatic heterocycles. The number of hydrogen-bond donors (Lipinski definition) is 1. The predicted molar refractivity (Wildman–Crippen MR) is 93.3 cm³/mol. The maximum atomic E-state index is 10.6. The van der Waals surface area contributed by atoms with Crippen LogP contribution < -0.4 is 5.32 Å². The molecule has 0 aliphatic carbocycles. The van der Waals surface area contributed by atoms with E-state index >= 15 is 0 Å². The van der Waals surface area contributed by atoms with Crippen molar-refractivity contribution in [1.82, 2.24) is 5.32 Å². The van der Waals surface area contributed by atoms with E-state index in [4.69, 9.17) is 14.2 Å². The molecule has 0 aliphatic rings. The molecule has 0 radical (unpaired) electrons. The third-order valence-electron chi connectivity index (χ3n) is 2.58. The molecule has 5 heteroatoms. The van der Waals surface area contributed by atoms with Crippen LogP contribution in [0.25, 0.3) is 0 Å². The van der Waals surface area contributed by atoms with E-state index in [-0.39, 0.29) is 7.33 Å². The van der Waals surface area contributed by atoms with Crippen molar-refractivity contribution >= 4 is 5.91 Å². The summed E-state index contributed by atoms with van der Waals surface area (Å²) >= 11 is 0. The summed E-state index contributed by atoms with van der Waals surface area (Å²) in [4.78, 5) is 10.6. The van der Waals surface area contributed by atoms with Gasteiger partial charge in [-0.3, -0.25) is 4.79 Å². The molecule has 0 aromatic rings. The number of carbonyl (C=O) groups excluding carboxylic acids is 1. The fourth-order valence-corrected chi connectivity index (χ4v) is 1.55. The van der Waals surface area contributed by atoms with E-state index in [0.717, 1.165) is 13.0 Å². The van der Waals surface area contributed by atoms with Gasteiger partial charge in [0.05, 0.1) is 33.0 Å². The van der Waals surface area contributed by atoms with Gasteiger partial charge in [-0.15, -0.1) is 0 Å². The number of nitrogens with one attached hydrogen (secondary N) is 1. The van der Waals surface area contributed by atoms with Crippen molar-refractivity contribution in [1.29, 1.82) is 0 Å². The molecule has 0 spiro atoms. The zero-order valence-electron chi connectivity index (χ0n) is 15.5. The van der Waals surface area contributed by atoms with E-state index in [1.807, 2.05) is 13.8 Å². The van der Waals surface area contributed by atoms with Gasteiger partial charge in [0.1, 0.15) is 0 Å². The predicted octanol–water partition coefficient (Wildman–Crippen LogP) is 3.27. The molecular weight excluding hydrogens is 282 g/mol. The minimum absolute atomic E-state index is 0. The van der Waals surface area contributed by atoms with Gasteiger partial charge in [-0.25, -0.2) is 0 Å². The van der Waals surface area contributed by atoms with Crippen molar-refractivity contribution in [2.24, 2.45) is 5.41 Å². The van der Waals surface area contributed by atoms with Crippen molar-refractivity contribution in [2.45, 2.75) is 54.4 Å². The molecule has 0 saturated heterocycles. The van der Waals surface area contributed by atoms with Crippen molar-refractivity contribution in [2.75, 3.05) is 46.2 Å². The van der Waals surface area contributed by atoms with Gasteiger partial charge in [0.2, 0.25) is 5.91 Å². The average molecular weight is 322 g/mol. The largest absolute Gasteiger partial charge is 0.379 e. The third kappa shape index (κ3) is 24.4. The second-order valence-corrected chi connectivity index (χ2v) is 5.98. The zero-order chi connectivity index (χ0) is 17.3. The molecule has 0 atom stereocenters. The first-order valence-electron chi connectivity index (χ1n) is 8.39. The lowest BCUT2D eigenvalue weighted by Gasteiger charge is -2.17. The summed E-state index contributed by atoms with van der Waals surface area (Å²) in [5.74, 6) is -0.0338. The minimum atomic E-state index is -0.0338. The van der Waals surface area contributed by atoms with Crippen LogP contribution in [0.4, 0.5) is 0 Å². The second-order valence-electron chi connectivity index (χ2n) is 5.98. The second kappa shape index (κ2) is 16.7. The SMILES string of the molecule is CC.CC(=O)NCCOCCOCCOCCCC(C)(C)C.[HH]. The summed E-state index contributed by atoms with van der Waals surface area (Å²) in [6, 6.07) is 0. The molecule has 0 aromatic carbocycles. The van der Waals surface area contributed by atoms with E-state index in [9.17, 15) is 4.79 Å². The number of hydrogen-bond acceptors (Lipinski definition) is 4. The summed E-state index contributed by atoms with van der Waals surface area (Å²) in [5, 5.41) is 2.66. The Bertz CT molecular complexity index is 245. The summed E-state index contributed by atoms with van der Waals surface area (Å²) in [5.41, 5.74) is 0.383. The standard InChI is InChI=1S/C15H31NO4.C2H6.H2/c1-14(17)16-7-9-19-11-13-20-12-10-18-8-5-6-15(2,3)4;1-2;/h5-13H2,1-4H3,(H,16,17);1-2H3;1H. The van der Waals surface area contributed by atoms with Gasteiger partial charge in [-0.05, 0) is 18.3 Å². The topological polar surface area (TPSA) is 56.8 Å². The molecule has 1 amide bonds. The fraction of sp³-hybridized carbons (Fsp3) is 0.941. The monoisotopic (exact) mass is 321 g/mol. The van der Waals surface area contributed by atoms with Gasteiger partial charge in [0.25, 0.3) is 0 Å². The third-order valence-corrected chi connectivity index (χ3v) is 2.58. The van der Waals surface area contributed by atoms with Crippen molar-refractivity contribution < 1.29 is 20.4 Å². The quantitative estimate of drug-likeness (QED) is 0.561. The minimum Gasteiger partial charge on any atom is -0.379 e. The Kier molecular flexibility index (Phi) is 17.9. The van der Waals surface area contributed by atoms with Crippen LogP contribution in [-0.2, 0) is 19.0 Å². The summed E-state index contributed by atoms with van der Waals surface area (Å²) in [6.07, 6.45) is 2.27. The van der Waals surface area contributed by atoms with Crippen LogP contribution in [0, 0.1) is 5.41 Å². The molecule has 0 unspecified atom stereocenters. The van der Waals surface area contributed by atoms with Gasteiger partial charge in [0.15, 0.2) is 0 Å². The van der Waals surface area contributed by atoms with Crippen molar-refractivity contribution in [3.63, 3.8) is 0 Å². The number of ether oxygens (including phenoxy) is 3. The Labute approximate surface area is 138 Å². The lowest BCUT2D eigenvalue weighted by molar-refractivity contribution is -0.119. The summed E-state index contributed by atoms with van der Waals surface area (Å²) in [7, 11) is 0. The highest BCUT2D eigenvalue weighted by Crippen LogP contribution is 2.20. The van der Waals surface area contributed by atoms with Gasteiger partial charge in [0, 0.05) is 21.5 Å². The molecule has 0 saturated carbocycles. The molecular formula is C17H39NO4. The highest BCUT2D eigenvalue weighted by atomic mass is 16.5. The van der Waals surface area contributed by atoms with E-state index in [0.29, 0.717) is 45.0 Å². The number of carbonyl (C=O) groups is 1. The molecule has 136 valence electrons. The Morgan fingerprint density at radius 2 is 1.36 bits per heavy atom. The van der Waals surface area contributed by atoms with Crippen LogP contribution in [0.3, 0.4) is 0 Å². The first kappa shape index (κ1) is 23.6. The summed E-state index contributed by atoms with van der Waals surface area (Å²) < 4.78 is 16.1. The molecule has 22 heavy (non-hydrogen) atoms. The Hall–Kier alpha value is -0.650. The van der Waals surface area contributed by atoms with Crippen LogP contribution in [0.1, 0.15) is 55.8 Å². The van der Waals surface area contributed by atoms with Gasteiger partial charge >= 0.3 is 0 Å². The van der Waals surface area contributed by atoms with Crippen LogP contribution in [0.5, 0.6) is 0 Å². The lowest BCUT2D eigenvalue weighted by atomic mass is 9.91. The van der Waals surface area contributed by atoms with Crippen LogP contribution >= 0.6 is 0 Å². The van der Waals surface area contributed by atoms with Crippen LogP contribution in [0.2, 0.25) is 0 Å². The maximum Gasteiger partial charge on any atom is 0.216 e. The maximum absolute atomic E-state index is 10.6. The zero-order valence-corrected chi connectivity index (χ0v) is 15.5. The summed E-state index contributed by atoms with van der Waals surface area (Å²) in [6.45, 7) is 16.4. The Morgan fingerprint density at radius 3 is 1.82 bits per heavy atom. The highest BCUT2D eigenvalue weighted by Gasteiger charge is 2.08. The Morgan fingerprint density at radius 1 is 0.909 bits per heavy atom. The fourth-order valence-electron chi connectivity index (χ4n) is 1.55. The molecule has 1 N–H and O–H groups in total. The molecule has 0 fully saturated rings. The van der Waals surface area contributed by atoms with E-state index < -0.39 is 0 Å². The highest BCUT2D eigenvalue weighted by molar-refractivity contribution is 5.72. The normalized spacial score (nSPS) is 10.8. The van der Waals surface area contributed by atoms with Gasteiger partial charge in [-0.2, -0.15) is 0 Å². The molecule has 5 nitrogen and oxygen atoms in total. The molecule has 0 aromatic heterocycles. The average Bonchev–Trinajstić information content (AvgIpc) is 2.44. The van der Waals surface area contributed by atoms with Crippen molar-refractivity contribution in [3.8, 4) is 0 Å². The van der Waals surface area contributed by atoms with Crippen molar-refractivity contribution in [3.05, 3.63) is 0 Å². The number of rotatable bonds is 12. The number of amides is 1. The van der Waals surface area contributed by atoms with Gasteiger partial charge in [-0.1, -0.05) is 34.6 Å². The first-order chi connectivity index (χ1) is 10.4. The Balaban J connectivity index is -0.00000128. The smallest absolute Gasteiger partial charge is 0.216 e. The van der Waals surface area contributed by atoms with E-state index in [2.05, 4.69) is 26.1 Å². The molecule has 0 bridgehead atoms. The van der Waals surface area contributed by atoms with E-state index in [1.54, 1.807) is 0 Å². The van der Waals surface area contributed by atoms with Crippen LogP contribution in [0.15, 0.2) is 0 Å². The lowest BCUT2D eigenvalue weighted by Crippen LogP contribution is -2.25. The van der Waals surface area contributed by atoms with Crippen LogP contribution in [-0.4, -0.2) is 52.1 Å². The van der Waals surface area contributed by atoms with E-state index in [1.165, 1.54) is 13.3 Å². The molecule has 0 rings (SSSR count). The first-order valence-corrected chi connectivity index (χ1v) is 8.39. The molecule has 0 heterocycles. The van der Waals surface area contributed by atoms with Gasteiger partial charge < -0.3 is 19.5 Å².